The van der Waals surface area contributed by atoms with Crippen molar-refractivity contribution in [3.8, 4) is 0 Å². The lowest BCUT2D eigenvalue weighted by molar-refractivity contribution is -0.148. The lowest BCUT2D eigenvalue weighted by Gasteiger charge is -2.22. The van der Waals surface area contributed by atoms with Crippen molar-refractivity contribution in [1.82, 2.24) is 5.32 Å². The Balaban J connectivity index is 2.25. The predicted molar refractivity (Wildman–Crippen MR) is 76.7 cm³/mol. The van der Waals surface area contributed by atoms with Gasteiger partial charge >= 0.3 is 5.97 Å². The van der Waals surface area contributed by atoms with Gasteiger partial charge < -0.3 is 15.5 Å². The lowest BCUT2D eigenvalue weighted by atomic mass is 10.0. The average Bonchev–Trinajstić information content (AvgIpc) is 2.53. The SMILES string of the molecule is O=C(N[C@H](c1ccccc1)[C@H](O)C(=O)O)c1ccccc1. The van der Waals surface area contributed by atoms with Gasteiger partial charge in [0.25, 0.3) is 5.91 Å². The first-order chi connectivity index (χ1) is 10.1. The molecule has 5 nitrogen and oxygen atoms in total. The number of aliphatic carboxylic acids is 1. The van der Waals surface area contributed by atoms with E-state index in [0.717, 1.165) is 0 Å². The number of hydrogen-bond donors (Lipinski definition) is 3. The number of aliphatic hydroxyl groups excluding tert-OH is 1. The van der Waals surface area contributed by atoms with Crippen molar-refractivity contribution in [3.63, 3.8) is 0 Å². The van der Waals surface area contributed by atoms with E-state index < -0.39 is 24.0 Å². The highest BCUT2D eigenvalue weighted by atomic mass is 16.4. The Hall–Kier alpha value is -2.66. The summed E-state index contributed by atoms with van der Waals surface area (Å²) in [7, 11) is 0. The van der Waals surface area contributed by atoms with Gasteiger partial charge in [-0.3, -0.25) is 4.79 Å². The zero-order chi connectivity index (χ0) is 15.2. The van der Waals surface area contributed by atoms with Crippen LogP contribution in [0, 0.1) is 0 Å². The molecule has 2 rings (SSSR count). The summed E-state index contributed by atoms with van der Waals surface area (Å²) < 4.78 is 0. The van der Waals surface area contributed by atoms with E-state index >= 15 is 0 Å². The van der Waals surface area contributed by atoms with Crippen molar-refractivity contribution < 1.29 is 19.8 Å². The number of aliphatic hydroxyl groups is 1. The molecule has 0 aliphatic carbocycles. The Bertz CT molecular complexity index is 613. The van der Waals surface area contributed by atoms with Crippen molar-refractivity contribution in [1.29, 1.82) is 0 Å². The molecule has 5 heteroatoms. The number of carboxylic acids is 1. The number of carbonyl (C=O) groups is 2. The van der Waals surface area contributed by atoms with Crippen LogP contribution in [0.5, 0.6) is 0 Å². The van der Waals surface area contributed by atoms with Gasteiger partial charge in [0.15, 0.2) is 6.10 Å². The maximum atomic E-state index is 12.1. The van der Waals surface area contributed by atoms with Gasteiger partial charge in [-0.2, -0.15) is 0 Å². The minimum Gasteiger partial charge on any atom is -0.479 e. The minimum absolute atomic E-state index is 0.399. The van der Waals surface area contributed by atoms with Crippen LogP contribution >= 0.6 is 0 Å². The summed E-state index contributed by atoms with van der Waals surface area (Å²) in [6.45, 7) is 0. The number of amides is 1. The van der Waals surface area contributed by atoms with E-state index in [-0.39, 0.29) is 0 Å². The molecule has 0 saturated heterocycles. The fraction of sp³-hybridized carbons (Fsp3) is 0.125. The normalized spacial score (nSPS) is 13.2. The number of nitrogens with one attached hydrogen (secondary N) is 1. The first kappa shape index (κ1) is 14.7. The van der Waals surface area contributed by atoms with Crippen molar-refractivity contribution in [2.75, 3.05) is 0 Å². The summed E-state index contributed by atoms with van der Waals surface area (Å²) in [5, 5.41) is 21.4. The molecule has 0 bridgehead atoms. The standard InChI is InChI=1S/C16H15NO4/c18-14(16(20)21)13(11-7-3-1-4-8-11)17-15(19)12-9-5-2-6-10-12/h1-10,13-14,18H,(H,17,19)(H,20,21)/t13-,14+/m1/s1. The van der Waals surface area contributed by atoms with E-state index in [0.29, 0.717) is 11.1 Å². The highest BCUT2D eigenvalue weighted by Gasteiger charge is 2.28. The molecule has 0 unspecified atom stereocenters. The molecule has 0 spiro atoms. The van der Waals surface area contributed by atoms with Crippen LogP contribution in [0.4, 0.5) is 0 Å². The topological polar surface area (TPSA) is 86.6 Å². The Morgan fingerprint density at radius 2 is 1.43 bits per heavy atom. The summed E-state index contributed by atoms with van der Waals surface area (Å²) in [4.78, 5) is 23.2. The summed E-state index contributed by atoms with van der Waals surface area (Å²) >= 11 is 0. The van der Waals surface area contributed by atoms with Gasteiger partial charge in [-0.25, -0.2) is 4.79 Å². The highest BCUT2D eigenvalue weighted by Crippen LogP contribution is 2.18. The van der Waals surface area contributed by atoms with Gasteiger partial charge in [0, 0.05) is 5.56 Å². The zero-order valence-electron chi connectivity index (χ0n) is 11.1. The van der Waals surface area contributed by atoms with E-state index in [2.05, 4.69) is 5.32 Å². The molecule has 108 valence electrons. The zero-order valence-corrected chi connectivity index (χ0v) is 11.1. The first-order valence-electron chi connectivity index (χ1n) is 6.41. The maximum Gasteiger partial charge on any atom is 0.335 e. The summed E-state index contributed by atoms with van der Waals surface area (Å²) in [6, 6.07) is 15.9. The summed E-state index contributed by atoms with van der Waals surface area (Å²) in [5.74, 6) is -1.83. The molecule has 0 radical (unpaired) electrons. The van der Waals surface area contributed by atoms with Crippen LogP contribution in [0.2, 0.25) is 0 Å². The fourth-order valence-corrected chi connectivity index (χ4v) is 1.96. The van der Waals surface area contributed by atoms with Gasteiger partial charge in [-0.1, -0.05) is 48.5 Å². The molecule has 0 fully saturated rings. The van der Waals surface area contributed by atoms with Crippen molar-refractivity contribution in [2.24, 2.45) is 0 Å². The van der Waals surface area contributed by atoms with E-state index in [4.69, 9.17) is 5.11 Å². The quantitative estimate of drug-likeness (QED) is 0.779. The molecule has 0 heterocycles. The van der Waals surface area contributed by atoms with Gasteiger partial charge in [-0.05, 0) is 17.7 Å². The second-order valence-electron chi connectivity index (χ2n) is 4.51. The third-order valence-electron chi connectivity index (χ3n) is 3.05. The van der Waals surface area contributed by atoms with E-state index in [9.17, 15) is 14.7 Å². The molecule has 2 aromatic carbocycles. The van der Waals surface area contributed by atoms with E-state index in [1.807, 2.05) is 0 Å². The van der Waals surface area contributed by atoms with Gasteiger partial charge in [-0.15, -0.1) is 0 Å². The van der Waals surface area contributed by atoms with E-state index in [1.165, 1.54) is 0 Å². The first-order valence-corrected chi connectivity index (χ1v) is 6.41. The van der Waals surface area contributed by atoms with Crippen LogP contribution in [-0.4, -0.2) is 28.2 Å². The number of rotatable bonds is 5. The smallest absolute Gasteiger partial charge is 0.335 e. The van der Waals surface area contributed by atoms with Gasteiger partial charge in [0.2, 0.25) is 0 Å². The summed E-state index contributed by atoms with van der Waals surface area (Å²) in [5.41, 5.74) is 0.924. The van der Waals surface area contributed by atoms with Crippen LogP contribution in [0.1, 0.15) is 22.0 Å². The van der Waals surface area contributed by atoms with Gasteiger partial charge in [0.1, 0.15) is 0 Å². The van der Waals surface area contributed by atoms with Crippen LogP contribution in [0.25, 0.3) is 0 Å². The lowest BCUT2D eigenvalue weighted by Crippen LogP contribution is -2.40. The second-order valence-corrected chi connectivity index (χ2v) is 4.51. The monoisotopic (exact) mass is 285 g/mol. The number of hydrogen-bond acceptors (Lipinski definition) is 3. The van der Waals surface area contributed by atoms with Crippen LogP contribution < -0.4 is 5.32 Å². The molecular weight excluding hydrogens is 270 g/mol. The number of carbonyl (C=O) groups excluding carboxylic acids is 1. The molecular formula is C16H15NO4. The summed E-state index contributed by atoms with van der Waals surface area (Å²) in [6.07, 6.45) is -1.72. The van der Waals surface area contributed by atoms with Crippen molar-refractivity contribution in [2.45, 2.75) is 12.1 Å². The fourth-order valence-electron chi connectivity index (χ4n) is 1.96. The molecule has 0 aliphatic heterocycles. The highest BCUT2D eigenvalue weighted by molar-refractivity contribution is 5.94. The molecule has 0 aromatic heterocycles. The molecule has 3 N–H and O–H groups in total. The number of benzene rings is 2. The average molecular weight is 285 g/mol. The van der Waals surface area contributed by atoms with Gasteiger partial charge in [0.05, 0.1) is 6.04 Å². The van der Waals surface area contributed by atoms with Crippen molar-refractivity contribution >= 4 is 11.9 Å². The third-order valence-corrected chi connectivity index (χ3v) is 3.05. The van der Waals surface area contributed by atoms with E-state index in [1.54, 1.807) is 60.7 Å². The Labute approximate surface area is 121 Å². The molecule has 2 atom stereocenters. The number of carboxylic acid groups (broad SMARTS) is 1. The van der Waals surface area contributed by atoms with Crippen LogP contribution in [0.3, 0.4) is 0 Å². The van der Waals surface area contributed by atoms with Crippen molar-refractivity contribution in [3.05, 3.63) is 71.8 Å². The molecule has 2 aromatic rings. The van der Waals surface area contributed by atoms with Crippen LogP contribution in [-0.2, 0) is 4.79 Å². The minimum atomic E-state index is -1.72. The maximum absolute atomic E-state index is 12.1. The molecule has 0 saturated carbocycles. The third kappa shape index (κ3) is 3.67. The Kier molecular flexibility index (Phi) is 4.68. The van der Waals surface area contributed by atoms with Crippen LogP contribution in [0.15, 0.2) is 60.7 Å². The molecule has 21 heavy (non-hydrogen) atoms. The molecule has 0 aliphatic rings. The molecule has 1 amide bonds. The Morgan fingerprint density at radius 3 is 1.95 bits per heavy atom. The second kappa shape index (κ2) is 6.67. The largest absolute Gasteiger partial charge is 0.479 e. The predicted octanol–water partition coefficient (Wildman–Crippen LogP) is 1.60. The Morgan fingerprint density at radius 1 is 0.905 bits per heavy atom.